The molecule has 1 aromatic carbocycles. The molecule has 0 saturated carbocycles. The van der Waals surface area contributed by atoms with Crippen molar-refractivity contribution < 1.29 is 4.79 Å². The molecule has 39 heavy (non-hydrogen) atoms. The first-order chi connectivity index (χ1) is 19.2. The van der Waals surface area contributed by atoms with E-state index in [1.54, 1.807) is 49.3 Å². The highest BCUT2D eigenvalue weighted by Crippen LogP contribution is 2.34. The van der Waals surface area contributed by atoms with Crippen LogP contribution >= 0.6 is 0 Å². The minimum Gasteiger partial charge on any atom is -0.338 e. The van der Waals surface area contributed by atoms with Crippen LogP contribution in [-0.2, 0) is 0 Å². The van der Waals surface area contributed by atoms with Crippen molar-refractivity contribution in [2.75, 3.05) is 5.32 Å². The number of benzene rings is 1. The van der Waals surface area contributed by atoms with Crippen molar-refractivity contribution in [1.82, 2.24) is 35.1 Å². The minimum atomic E-state index is -0.200. The molecule has 3 N–H and O–H groups in total. The van der Waals surface area contributed by atoms with Gasteiger partial charge in [-0.3, -0.25) is 24.8 Å². The zero-order valence-corrected chi connectivity index (χ0v) is 20.5. The number of fused-ring (bicyclic) bond motifs is 2. The number of anilines is 1. The van der Waals surface area contributed by atoms with Crippen molar-refractivity contribution >= 4 is 33.5 Å². The van der Waals surface area contributed by atoms with Crippen molar-refractivity contribution in [1.29, 1.82) is 0 Å². The lowest BCUT2D eigenvalue weighted by Gasteiger charge is -2.07. The molecule has 0 radical (unpaired) electrons. The molecule has 6 aromatic heterocycles. The first-order valence-electron chi connectivity index (χ1n) is 12.3. The van der Waals surface area contributed by atoms with Gasteiger partial charge in [-0.15, -0.1) is 0 Å². The molecule has 0 unspecified atom stereocenters. The van der Waals surface area contributed by atoms with Crippen molar-refractivity contribution in [3.63, 3.8) is 0 Å². The van der Waals surface area contributed by atoms with Gasteiger partial charge in [-0.1, -0.05) is 18.2 Å². The number of aromatic nitrogens is 7. The van der Waals surface area contributed by atoms with E-state index in [1.807, 2.05) is 48.5 Å². The molecule has 7 aromatic rings. The van der Waals surface area contributed by atoms with Gasteiger partial charge in [0.1, 0.15) is 11.3 Å². The number of rotatable bonds is 5. The Morgan fingerprint density at radius 1 is 0.769 bits per heavy atom. The Hall–Kier alpha value is -5.70. The standard InChI is InChI=1S/C30H20N8O/c39-30(19-4-2-1-3-5-19)35-21-12-20(15-32-16-21)25-14-24-27(17-34-25)37-38-28(24)26-13-23-22(8-11-33-29(23)36-26)18-6-9-31-10-7-18/h1-17H,(H,33,36)(H,35,39)(H,37,38). The number of hydrogen-bond acceptors (Lipinski definition) is 6. The number of nitrogens with one attached hydrogen (secondary N) is 3. The Morgan fingerprint density at radius 2 is 1.64 bits per heavy atom. The van der Waals surface area contributed by atoms with E-state index >= 15 is 0 Å². The number of hydrogen-bond donors (Lipinski definition) is 3. The van der Waals surface area contributed by atoms with Gasteiger partial charge in [0.25, 0.3) is 5.91 Å². The molecule has 0 aliphatic carbocycles. The van der Waals surface area contributed by atoms with E-state index in [2.05, 4.69) is 46.5 Å². The van der Waals surface area contributed by atoms with Crippen LogP contribution in [0.1, 0.15) is 10.4 Å². The molecule has 0 bridgehead atoms. The van der Waals surface area contributed by atoms with Crippen LogP contribution in [0.5, 0.6) is 0 Å². The first-order valence-corrected chi connectivity index (χ1v) is 12.3. The smallest absolute Gasteiger partial charge is 0.255 e. The molecule has 0 atom stereocenters. The number of carbonyl (C=O) groups is 1. The molecule has 0 spiro atoms. The van der Waals surface area contributed by atoms with Crippen molar-refractivity contribution in [2.45, 2.75) is 0 Å². The summed E-state index contributed by atoms with van der Waals surface area (Å²) < 4.78 is 0. The fourth-order valence-corrected chi connectivity index (χ4v) is 4.66. The third-order valence-electron chi connectivity index (χ3n) is 6.55. The van der Waals surface area contributed by atoms with Gasteiger partial charge in [0.05, 0.1) is 35.0 Å². The van der Waals surface area contributed by atoms with Gasteiger partial charge < -0.3 is 10.3 Å². The summed E-state index contributed by atoms with van der Waals surface area (Å²) in [6, 6.07) is 20.9. The summed E-state index contributed by atoms with van der Waals surface area (Å²) >= 11 is 0. The second-order valence-electron chi connectivity index (χ2n) is 9.01. The quantitative estimate of drug-likeness (QED) is 0.267. The highest BCUT2D eigenvalue weighted by atomic mass is 16.1. The molecule has 6 heterocycles. The van der Waals surface area contributed by atoms with Gasteiger partial charge in [0.15, 0.2) is 0 Å². The van der Waals surface area contributed by atoms with Gasteiger partial charge in [-0.2, -0.15) is 5.10 Å². The molecule has 9 nitrogen and oxygen atoms in total. The Bertz CT molecular complexity index is 1960. The molecule has 0 fully saturated rings. The lowest BCUT2D eigenvalue weighted by atomic mass is 10.0. The zero-order valence-electron chi connectivity index (χ0n) is 20.5. The lowest BCUT2D eigenvalue weighted by molar-refractivity contribution is 0.102. The summed E-state index contributed by atoms with van der Waals surface area (Å²) in [7, 11) is 0. The number of pyridine rings is 4. The van der Waals surface area contributed by atoms with E-state index in [1.165, 1.54) is 0 Å². The second kappa shape index (κ2) is 9.31. The molecular formula is C30H20N8O. The van der Waals surface area contributed by atoms with Gasteiger partial charge in [0, 0.05) is 46.7 Å². The van der Waals surface area contributed by atoms with E-state index < -0.39 is 0 Å². The number of aromatic amines is 2. The largest absolute Gasteiger partial charge is 0.338 e. The van der Waals surface area contributed by atoms with Crippen LogP contribution in [0.15, 0.2) is 104 Å². The highest BCUT2D eigenvalue weighted by molar-refractivity contribution is 6.04. The molecular weight excluding hydrogens is 488 g/mol. The average molecular weight is 509 g/mol. The summed E-state index contributed by atoms with van der Waals surface area (Å²) in [5.74, 6) is -0.200. The second-order valence-corrected chi connectivity index (χ2v) is 9.01. The van der Waals surface area contributed by atoms with Crippen LogP contribution in [0.3, 0.4) is 0 Å². The van der Waals surface area contributed by atoms with E-state index in [4.69, 9.17) is 0 Å². The maximum Gasteiger partial charge on any atom is 0.255 e. The predicted molar refractivity (Wildman–Crippen MR) is 150 cm³/mol. The molecule has 0 saturated heterocycles. The highest BCUT2D eigenvalue weighted by Gasteiger charge is 2.16. The van der Waals surface area contributed by atoms with Crippen molar-refractivity contribution in [3.05, 3.63) is 109 Å². The molecule has 1 amide bonds. The Labute approximate surface area is 222 Å². The Balaban J connectivity index is 1.25. The number of nitrogens with zero attached hydrogens (tertiary/aromatic N) is 5. The van der Waals surface area contributed by atoms with Crippen LogP contribution in [-0.4, -0.2) is 41.0 Å². The number of amides is 1. The maximum absolute atomic E-state index is 12.6. The topological polar surface area (TPSA) is 125 Å². The first kappa shape index (κ1) is 22.5. The van der Waals surface area contributed by atoms with Crippen LogP contribution in [0.4, 0.5) is 5.69 Å². The molecule has 9 heteroatoms. The summed E-state index contributed by atoms with van der Waals surface area (Å²) in [6.07, 6.45) is 10.4. The van der Waals surface area contributed by atoms with Crippen LogP contribution in [0, 0.1) is 0 Å². The Morgan fingerprint density at radius 3 is 2.51 bits per heavy atom. The van der Waals surface area contributed by atoms with E-state index in [-0.39, 0.29) is 5.91 Å². The lowest BCUT2D eigenvalue weighted by Crippen LogP contribution is -2.11. The van der Waals surface area contributed by atoms with Crippen molar-refractivity contribution in [2.24, 2.45) is 0 Å². The molecule has 7 rings (SSSR count). The third-order valence-corrected chi connectivity index (χ3v) is 6.55. The van der Waals surface area contributed by atoms with Gasteiger partial charge >= 0.3 is 0 Å². The van der Waals surface area contributed by atoms with E-state index in [0.29, 0.717) is 16.9 Å². The van der Waals surface area contributed by atoms with Crippen molar-refractivity contribution in [3.8, 4) is 33.8 Å². The summed E-state index contributed by atoms with van der Waals surface area (Å²) in [4.78, 5) is 33.6. The number of H-pyrrole nitrogens is 2. The summed E-state index contributed by atoms with van der Waals surface area (Å²) in [5.41, 5.74) is 7.94. The third kappa shape index (κ3) is 4.17. The molecule has 0 aliphatic heterocycles. The van der Waals surface area contributed by atoms with Gasteiger partial charge in [0.2, 0.25) is 0 Å². The van der Waals surface area contributed by atoms with E-state index in [0.717, 1.165) is 50.0 Å². The maximum atomic E-state index is 12.6. The van der Waals surface area contributed by atoms with Crippen LogP contribution in [0.2, 0.25) is 0 Å². The van der Waals surface area contributed by atoms with E-state index in [9.17, 15) is 4.79 Å². The van der Waals surface area contributed by atoms with Gasteiger partial charge in [-0.05, 0) is 59.7 Å². The monoisotopic (exact) mass is 508 g/mol. The predicted octanol–water partition coefficient (Wildman–Crippen LogP) is 5.88. The number of carbonyl (C=O) groups excluding carboxylic acids is 1. The van der Waals surface area contributed by atoms with Crippen LogP contribution in [0.25, 0.3) is 55.7 Å². The summed E-state index contributed by atoms with van der Waals surface area (Å²) in [6.45, 7) is 0. The molecule has 186 valence electrons. The average Bonchev–Trinajstić information content (AvgIpc) is 3.62. The fraction of sp³-hybridized carbons (Fsp3) is 0. The van der Waals surface area contributed by atoms with Gasteiger partial charge in [-0.25, -0.2) is 4.98 Å². The summed E-state index contributed by atoms with van der Waals surface area (Å²) in [5, 5.41) is 12.5. The van der Waals surface area contributed by atoms with Crippen LogP contribution < -0.4 is 5.32 Å². The molecule has 0 aliphatic rings. The normalized spacial score (nSPS) is 11.2. The Kier molecular flexibility index (Phi) is 5.37. The minimum absolute atomic E-state index is 0.200. The zero-order chi connectivity index (χ0) is 26.2. The fourth-order valence-electron chi connectivity index (χ4n) is 4.66. The SMILES string of the molecule is O=C(Nc1cncc(-c2cc3c(-c4cc5c(-c6ccncc6)ccnc5[nH]4)n[nH]c3cn2)c1)c1ccccc1.